The lowest BCUT2D eigenvalue weighted by Crippen LogP contribution is -2.42. The third-order valence-corrected chi connectivity index (χ3v) is 3.52. The molecule has 0 aliphatic heterocycles. The molecule has 1 atom stereocenters. The van der Waals surface area contributed by atoms with Gasteiger partial charge in [-0.2, -0.15) is 0 Å². The van der Waals surface area contributed by atoms with Gasteiger partial charge in [-0.1, -0.05) is 25.5 Å². The Morgan fingerprint density at radius 3 is 2.38 bits per heavy atom. The lowest BCUT2D eigenvalue weighted by molar-refractivity contribution is -0.128. The van der Waals surface area contributed by atoms with E-state index in [1.165, 1.54) is 6.92 Å². The Morgan fingerprint density at radius 2 is 1.86 bits per heavy atom. The van der Waals surface area contributed by atoms with Gasteiger partial charge in [0, 0.05) is 6.04 Å². The summed E-state index contributed by atoms with van der Waals surface area (Å²) < 4.78 is 5.68. The summed E-state index contributed by atoms with van der Waals surface area (Å²) in [5.74, 6) is 0.236. The molecule has 0 heterocycles. The minimum atomic E-state index is -0.633. The topological polar surface area (TPSA) is 55.4 Å². The van der Waals surface area contributed by atoms with Crippen molar-refractivity contribution >= 4 is 11.7 Å². The molecular weight excluding hydrogens is 266 g/mol. The number of nitrogens with one attached hydrogen (secondary N) is 1. The Kier molecular flexibility index (Phi) is 6.40. The number of hydrogen-bond acceptors (Lipinski definition) is 3. The summed E-state index contributed by atoms with van der Waals surface area (Å²) in [7, 11) is 0. The van der Waals surface area contributed by atoms with Crippen LogP contribution in [0, 0.1) is 6.92 Å². The zero-order valence-corrected chi connectivity index (χ0v) is 13.5. The highest BCUT2D eigenvalue weighted by molar-refractivity contribution is 5.97. The number of rotatable bonds is 7. The van der Waals surface area contributed by atoms with E-state index >= 15 is 0 Å². The number of hydrogen-bond donors (Lipinski definition) is 1. The van der Waals surface area contributed by atoms with E-state index in [4.69, 9.17) is 4.74 Å². The molecule has 1 amide bonds. The Bertz CT molecular complexity index is 507. The molecule has 0 aliphatic rings. The van der Waals surface area contributed by atoms with Gasteiger partial charge < -0.3 is 10.1 Å². The summed E-state index contributed by atoms with van der Waals surface area (Å²) in [5, 5.41) is 2.95. The Morgan fingerprint density at radius 1 is 1.24 bits per heavy atom. The van der Waals surface area contributed by atoms with E-state index in [9.17, 15) is 9.59 Å². The van der Waals surface area contributed by atoms with Crippen LogP contribution in [0.1, 0.15) is 56.5 Å². The smallest absolute Gasteiger partial charge is 0.260 e. The molecule has 0 fully saturated rings. The molecule has 0 aliphatic carbocycles. The van der Waals surface area contributed by atoms with Crippen molar-refractivity contribution in [3.05, 3.63) is 29.3 Å². The van der Waals surface area contributed by atoms with Crippen LogP contribution in [0.2, 0.25) is 0 Å². The maximum atomic E-state index is 12.1. The van der Waals surface area contributed by atoms with Gasteiger partial charge in [-0.15, -0.1) is 0 Å². The normalized spacial score (nSPS) is 12.1. The van der Waals surface area contributed by atoms with Crippen molar-refractivity contribution in [2.45, 2.75) is 59.6 Å². The van der Waals surface area contributed by atoms with Crippen molar-refractivity contribution in [3.63, 3.8) is 0 Å². The fourth-order valence-corrected chi connectivity index (χ4v) is 2.08. The molecule has 0 radical (unpaired) electrons. The number of ether oxygens (including phenoxy) is 1. The summed E-state index contributed by atoms with van der Waals surface area (Å²) >= 11 is 0. The van der Waals surface area contributed by atoms with E-state index in [2.05, 4.69) is 5.32 Å². The molecule has 0 spiro atoms. The standard InChI is InChI=1S/C17H25NO3/c1-6-14(7-2)18-17(20)13(5)21-16-9-8-11(3)10-15(16)12(4)19/h8-10,13-14H,6-7H2,1-5H3,(H,18,20). The van der Waals surface area contributed by atoms with Crippen molar-refractivity contribution in [1.82, 2.24) is 5.32 Å². The molecule has 0 saturated heterocycles. The SMILES string of the molecule is CCC(CC)NC(=O)C(C)Oc1ccc(C)cc1C(C)=O. The van der Waals surface area contributed by atoms with Gasteiger partial charge in [0.05, 0.1) is 5.56 Å². The van der Waals surface area contributed by atoms with Crippen LogP contribution in [0.15, 0.2) is 18.2 Å². The number of ketones is 1. The van der Waals surface area contributed by atoms with Gasteiger partial charge in [0.2, 0.25) is 0 Å². The van der Waals surface area contributed by atoms with Gasteiger partial charge in [-0.25, -0.2) is 0 Å². The molecule has 21 heavy (non-hydrogen) atoms. The Labute approximate surface area is 126 Å². The molecule has 1 aromatic carbocycles. The van der Waals surface area contributed by atoms with Crippen molar-refractivity contribution in [2.24, 2.45) is 0 Å². The van der Waals surface area contributed by atoms with E-state index in [1.54, 1.807) is 19.1 Å². The molecule has 1 rings (SSSR count). The van der Waals surface area contributed by atoms with E-state index in [-0.39, 0.29) is 17.7 Å². The number of carbonyl (C=O) groups is 2. The van der Waals surface area contributed by atoms with Gasteiger partial charge in [0.1, 0.15) is 5.75 Å². The third-order valence-electron chi connectivity index (χ3n) is 3.52. The van der Waals surface area contributed by atoms with Gasteiger partial charge >= 0.3 is 0 Å². The van der Waals surface area contributed by atoms with Crippen LogP contribution in [-0.4, -0.2) is 23.8 Å². The second kappa shape index (κ2) is 7.81. The highest BCUT2D eigenvalue weighted by atomic mass is 16.5. The average molecular weight is 291 g/mol. The highest BCUT2D eigenvalue weighted by Crippen LogP contribution is 2.22. The Hall–Kier alpha value is -1.84. The largest absolute Gasteiger partial charge is 0.480 e. The van der Waals surface area contributed by atoms with Gasteiger partial charge in [-0.3, -0.25) is 9.59 Å². The van der Waals surface area contributed by atoms with Crippen molar-refractivity contribution in [2.75, 3.05) is 0 Å². The Balaban J connectivity index is 2.81. The van der Waals surface area contributed by atoms with E-state index in [0.29, 0.717) is 11.3 Å². The van der Waals surface area contributed by atoms with Gasteiger partial charge in [-0.05, 0) is 45.7 Å². The van der Waals surface area contributed by atoms with Crippen LogP contribution in [0.25, 0.3) is 0 Å². The number of amides is 1. The molecule has 0 aromatic heterocycles. The minimum Gasteiger partial charge on any atom is -0.480 e. The maximum absolute atomic E-state index is 12.1. The van der Waals surface area contributed by atoms with Crippen LogP contribution in [0.5, 0.6) is 5.75 Å². The summed E-state index contributed by atoms with van der Waals surface area (Å²) in [4.78, 5) is 23.8. The monoisotopic (exact) mass is 291 g/mol. The second-order valence-corrected chi connectivity index (χ2v) is 5.34. The zero-order valence-electron chi connectivity index (χ0n) is 13.5. The highest BCUT2D eigenvalue weighted by Gasteiger charge is 2.19. The number of Topliss-reactive ketones (excluding diaryl/α,β-unsaturated/α-hetero) is 1. The predicted molar refractivity (Wildman–Crippen MR) is 83.8 cm³/mol. The molecule has 0 saturated carbocycles. The first-order valence-electron chi connectivity index (χ1n) is 7.47. The number of aryl methyl sites for hydroxylation is 1. The van der Waals surface area contributed by atoms with Crippen LogP contribution in [0.3, 0.4) is 0 Å². The van der Waals surface area contributed by atoms with Crippen LogP contribution >= 0.6 is 0 Å². The van der Waals surface area contributed by atoms with Crippen molar-refractivity contribution in [1.29, 1.82) is 0 Å². The van der Waals surface area contributed by atoms with E-state index < -0.39 is 6.10 Å². The molecule has 1 unspecified atom stereocenters. The molecule has 4 nitrogen and oxygen atoms in total. The maximum Gasteiger partial charge on any atom is 0.260 e. The first-order valence-corrected chi connectivity index (χ1v) is 7.47. The quantitative estimate of drug-likeness (QED) is 0.784. The minimum absolute atomic E-state index is 0.0682. The van der Waals surface area contributed by atoms with E-state index in [1.807, 2.05) is 26.8 Å². The summed E-state index contributed by atoms with van der Waals surface area (Å²) in [5.41, 5.74) is 1.50. The van der Waals surface area contributed by atoms with Crippen LogP contribution in [-0.2, 0) is 4.79 Å². The van der Waals surface area contributed by atoms with Crippen molar-refractivity contribution < 1.29 is 14.3 Å². The first-order chi connectivity index (χ1) is 9.88. The lowest BCUT2D eigenvalue weighted by Gasteiger charge is -2.20. The van der Waals surface area contributed by atoms with Gasteiger partial charge in [0.25, 0.3) is 5.91 Å². The summed E-state index contributed by atoms with van der Waals surface area (Å²) in [6.07, 6.45) is 1.14. The van der Waals surface area contributed by atoms with Crippen molar-refractivity contribution in [3.8, 4) is 5.75 Å². The molecule has 0 bridgehead atoms. The van der Waals surface area contributed by atoms with Gasteiger partial charge in [0.15, 0.2) is 11.9 Å². The summed E-state index contributed by atoms with van der Waals surface area (Å²) in [6, 6.07) is 5.55. The average Bonchev–Trinajstić information content (AvgIpc) is 2.45. The van der Waals surface area contributed by atoms with Crippen LogP contribution < -0.4 is 10.1 Å². The molecule has 1 aromatic rings. The number of carbonyl (C=O) groups excluding carboxylic acids is 2. The molecule has 4 heteroatoms. The fraction of sp³-hybridized carbons (Fsp3) is 0.529. The fourth-order valence-electron chi connectivity index (χ4n) is 2.08. The second-order valence-electron chi connectivity index (χ2n) is 5.34. The summed E-state index contributed by atoms with van der Waals surface area (Å²) in [6.45, 7) is 9.18. The molecular formula is C17H25NO3. The van der Waals surface area contributed by atoms with Crippen LogP contribution in [0.4, 0.5) is 0 Å². The molecule has 116 valence electrons. The first kappa shape index (κ1) is 17.2. The predicted octanol–water partition coefficient (Wildman–Crippen LogP) is 3.27. The zero-order chi connectivity index (χ0) is 16.0. The van der Waals surface area contributed by atoms with E-state index in [0.717, 1.165) is 18.4 Å². The lowest BCUT2D eigenvalue weighted by atomic mass is 10.1. The third kappa shape index (κ3) is 4.88. The number of benzene rings is 1. The molecule has 1 N–H and O–H groups in total.